The first-order chi connectivity index (χ1) is 4.73. The predicted molar refractivity (Wildman–Crippen MR) is 41.2 cm³/mol. The minimum atomic E-state index is -4.39. The molecule has 0 spiro atoms. The summed E-state index contributed by atoms with van der Waals surface area (Å²) in [5.74, 6) is -1.34. The maximum Gasteiger partial charge on any atom is 0.359 e. The molecule has 0 saturated carbocycles. The molecule has 8 heteroatoms. The highest BCUT2D eigenvalue weighted by molar-refractivity contribution is 8.17. The van der Waals surface area contributed by atoms with Crippen LogP contribution >= 0.6 is 33.9 Å². The van der Waals surface area contributed by atoms with Gasteiger partial charge in [0.15, 0.2) is 0 Å². The summed E-state index contributed by atoms with van der Waals surface area (Å²) < 4.78 is 22.2. The van der Waals surface area contributed by atoms with E-state index in [2.05, 4.69) is 4.74 Å². The van der Waals surface area contributed by atoms with Gasteiger partial charge in [0.2, 0.25) is 0 Å². The molecule has 0 aliphatic carbocycles. The summed E-state index contributed by atoms with van der Waals surface area (Å²) >= 11 is 10.1. The maximum absolute atomic E-state index is 10.5. The van der Waals surface area contributed by atoms with E-state index in [-0.39, 0.29) is 0 Å². The number of halogens is 3. The summed E-state index contributed by atoms with van der Waals surface area (Å²) in [6, 6.07) is 0. The molecule has 0 atom stereocenters. The zero-order chi connectivity index (χ0) is 9.28. The highest BCUT2D eigenvalue weighted by Gasteiger charge is 2.48. The van der Waals surface area contributed by atoms with Crippen LogP contribution in [0.5, 0.6) is 0 Å². The van der Waals surface area contributed by atoms with E-state index in [9.17, 15) is 13.2 Å². The molecule has 0 unspecified atom stereocenters. The van der Waals surface area contributed by atoms with Crippen molar-refractivity contribution in [1.82, 2.24) is 0 Å². The van der Waals surface area contributed by atoms with Gasteiger partial charge in [-0.3, -0.25) is 0 Å². The molecule has 0 aromatic rings. The Morgan fingerprint density at radius 1 is 1.45 bits per heavy atom. The molecule has 66 valence electrons. The molecule has 0 aliphatic rings. The van der Waals surface area contributed by atoms with Gasteiger partial charge in [0, 0.05) is 10.7 Å². The fourth-order valence-corrected chi connectivity index (χ4v) is 0.844. The van der Waals surface area contributed by atoms with Crippen molar-refractivity contribution in [2.24, 2.45) is 0 Å². The Kier molecular flexibility index (Phi) is 3.43. The van der Waals surface area contributed by atoms with Crippen LogP contribution in [0.3, 0.4) is 0 Å². The molecule has 0 radical (unpaired) electrons. The number of ether oxygens (including phenoxy) is 1. The van der Waals surface area contributed by atoms with Crippen LogP contribution in [-0.2, 0) is 18.6 Å². The van der Waals surface area contributed by atoms with Crippen molar-refractivity contribution in [3.8, 4) is 0 Å². The Labute approximate surface area is 77.8 Å². The zero-order valence-electron chi connectivity index (χ0n) is 5.18. The zero-order valence-corrected chi connectivity index (χ0v) is 8.26. The van der Waals surface area contributed by atoms with Gasteiger partial charge < -0.3 is 4.74 Å². The van der Waals surface area contributed by atoms with E-state index in [0.717, 1.165) is 7.11 Å². The van der Waals surface area contributed by atoms with Gasteiger partial charge in [-0.05, 0) is 0 Å². The number of hydrogen-bond donors (Lipinski definition) is 0. The topological polar surface area (TPSA) is 60.4 Å². The van der Waals surface area contributed by atoms with E-state index >= 15 is 0 Å². The molecule has 4 nitrogen and oxygen atoms in total. The van der Waals surface area contributed by atoms with Crippen LogP contribution in [0.15, 0.2) is 0 Å². The average molecular weight is 241 g/mol. The molecule has 0 aromatic carbocycles. The van der Waals surface area contributed by atoms with Gasteiger partial charge in [0.05, 0.1) is 7.11 Å². The van der Waals surface area contributed by atoms with Crippen LogP contribution in [0.4, 0.5) is 0 Å². The van der Waals surface area contributed by atoms with Gasteiger partial charge >= 0.3 is 9.63 Å². The Balaban J connectivity index is 4.90. The van der Waals surface area contributed by atoms with E-state index in [4.69, 9.17) is 33.9 Å². The van der Waals surface area contributed by atoms with Gasteiger partial charge in [-0.2, -0.15) is 0 Å². The van der Waals surface area contributed by atoms with E-state index in [0.29, 0.717) is 0 Å². The van der Waals surface area contributed by atoms with E-state index < -0.39 is 18.7 Å². The fourth-order valence-electron chi connectivity index (χ4n) is 0.218. The normalized spacial score (nSPS) is 12.7. The Bertz CT molecular complexity index is 256. The van der Waals surface area contributed by atoms with Crippen molar-refractivity contribution in [3.63, 3.8) is 0 Å². The first-order valence-corrected chi connectivity index (χ1v) is 5.20. The van der Waals surface area contributed by atoms with Gasteiger partial charge in [-0.15, -0.1) is 0 Å². The number of methoxy groups -OCH3 is 1. The van der Waals surface area contributed by atoms with Gasteiger partial charge in [0.1, 0.15) is 0 Å². The average Bonchev–Trinajstić information content (AvgIpc) is 1.83. The number of carbonyl (C=O) groups is 1. The third kappa shape index (κ3) is 2.37. The van der Waals surface area contributed by atoms with Gasteiger partial charge in [-0.1, -0.05) is 23.2 Å². The lowest BCUT2D eigenvalue weighted by Gasteiger charge is -2.11. The molecule has 0 aromatic heterocycles. The molecule has 0 amide bonds. The highest BCUT2D eigenvalue weighted by Crippen LogP contribution is 2.32. The van der Waals surface area contributed by atoms with Crippen molar-refractivity contribution in [2.75, 3.05) is 7.11 Å². The van der Waals surface area contributed by atoms with Crippen molar-refractivity contribution in [3.05, 3.63) is 0 Å². The van der Waals surface area contributed by atoms with Gasteiger partial charge in [0.25, 0.3) is 9.05 Å². The first kappa shape index (κ1) is 11.3. The summed E-state index contributed by atoms with van der Waals surface area (Å²) in [6.45, 7) is 0. The lowest BCUT2D eigenvalue weighted by Crippen LogP contribution is -2.33. The molecule has 0 fully saturated rings. The first-order valence-electron chi connectivity index (χ1n) is 2.14. The summed E-state index contributed by atoms with van der Waals surface area (Å²) in [5.41, 5.74) is 0. The molecule has 0 N–H and O–H groups in total. The summed E-state index contributed by atoms with van der Waals surface area (Å²) in [4.78, 5) is 10.5. The number of carbonyl (C=O) groups excluding carboxylic acids is 1. The lowest BCUT2D eigenvalue weighted by molar-refractivity contribution is -0.139. The van der Waals surface area contributed by atoms with Crippen LogP contribution in [0.2, 0.25) is 0 Å². The third-order valence-electron chi connectivity index (χ3n) is 0.729. The molecular weight excluding hydrogens is 238 g/mol. The Hall–Kier alpha value is 0.290. The second-order valence-corrected chi connectivity index (χ2v) is 5.93. The predicted octanol–water partition coefficient (Wildman–Crippen LogP) is 0.859. The minimum absolute atomic E-state index is 0.934. The molecule has 11 heavy (non-hydrogen) atoms. The van der Waals surface area contributed by atoms with E-state index in [1.807, 2.05) is 0 Å². The summed E-state index contributed by atoms with van der Waals surface area (Å²) in [5, 5.41) is 0. The van der Waals surface area contributed by atoms with Gasteiger partial charge in [-0.25, -0.2) is 13.2 Å². The SMILES string of the molecule is COC(=O)C(Cl)(Cl)S(=O)(=O)Cl. The summed E-state index contributed by atoms with van der Waals surface area (Å²) in [7, 11) is 1.26. The van der Waals surface area contributed by atoms with Crippen molar-refractivity contribution >= 4 is 48.9 Å². The smallest absolute Gasteiger partial charge is 0.359 e. The van der Waals surface area contributed by atoms with E-state index in [1.54, 1.807) is 0 Å². The maximum atomic E-state index is 10.5. The summed E-state index contributed by atoms with van der Waals surface area (Å²) in [6.07, 6.45) is 0. The van der Waals surface area contributed by atoms with Crippen molar-refractivity contribution in [1.29, 1.82) is 0 Å². The lowest BCUT2D eigenvalue weighted by atomic mass is 10.8. The minimum Gasteiger partial charge on any atom is -0.466 e. The number of hydrogen-bond acceptors (Lipinski definition) is 4. The Morgan fingerprint density at radius 3 is 1.91 bits per heavy atom. The number of esters is 1. The monoisotopic (exact) mass is 240 g/mol. The van der Waals surface area contributed by atoms with Crippen LogP contribution in [-0.4, -0.2) is 25.2 Å². The quantitative estimate of drug-likeness (QED) is 0.409. The number of rotatable bonds is 2. The number of alkyl halides is 2. The Morgan fingerprint density at radius 2 is 1.82 bits per heavy atom. The van der Waals surface area contributed by atoms with Crippen molar-refractivity contribution < 1.29 is 17.9 Å². The molecule has 0 heterocycles. The molecule has 0 rings (SSSR count). The van der Waals surface area contributed by atoms with Crippen molar-refractivity contribution in [2.45, 2.75) is 3.67 Å². The largest absolute Gasteiger partial charge is 0.466 e. The molecule has 0 saturated heterocycles. The molecule has 0 bridgehead atoms. The fraction of sp³-hybridized carbons (Fsp3) is 0.667. The third-order valence-corrected chi connectivity index (χ3v) is 4.20. The standard InChI is InChI=1S/C3H3Cl3O4S/c1-10-2(7)3(4,5)11(6,8)9/h1H3. The molecule has 0 aliphatic heterocycles. The van der Waals surface area contributed by atoms with Crippen LogP contribution in [0, 0.1) is 0 Å². The second kappa shape index (κ2) is 3.35. The van der Waals surface area contributed by atoms with Crippen LogP contribution < -0.4 is 0 Å². The highest BCUT2D eigenvalue weighted by atomic mass is 35.7. The van der Waals surface area contributed by atoms with E-state index in [1.165, 1.54) is 0 Å². The van der Waals surface area contributed by atoms with Crippen LogP contribution in [0.1, 0.15) is 0 Å². The molecular formula is C3H3Cl3O4S. The van der Waals surface area contributed by atoms with Crippen LogP contribution in [0.25, 0.3) is 0 Å². The second-order valence-electron chi connectivity index (χ2n) is 1.45.